The fourth-order valence-corrected chi connectivity index (χ4v) is 5.54. The first-order valence-electron chi connectivity index (χ1n) is 8.40. The van der Waals surface area contributed by atoms with Crippen LogP contribution in [0.4, 0.5) is 4.39 Å². The van der Waals surface area contributed by atoms with Gasteiger partial charge in [0.05, 0.1) is 17.3 Å². The normalized spacial score (nSPS) is 18.5. The molecule has 1 fully saturated rings. The van der Waals surface area contributed by atoms with Crippen LogP contribution in [0.15, 0.2) is 29.4 Å². The number of benzene rings is 1. The van der Waals surface area contributed by atoms with Crippen molar-refractivity contribution in [3.05, 3.63) is 30.1 Å². The van der Waals surface area contributed by atoms with Crippen LogP contribution < -0.4 is 5.84 Å². The van der Waals surface area contributed by atoms with Crippen LogP contribution in [0.3, 0.4) is 0 Å². The Kier molecular flexibility index (Phi) is 5.70. The van der Waals surface area contributed by atoms with E-state index in [0.29, 0.717) is 29.5 Å². The van der Waals surface area contributed by atoms with Crippen LogP contribution in [0.2, 0.25) is 0 Å². The first-order valence-corrected chi connectivity index (χ1v) is 11.2. The van der Waals surface area contributed by atoms with Crippen LogP contribution >= 0.6 is 11.8 Å². The maximum atomic E-state index is 13.4. The molecule has 0 radical (unpaired) electrons. The molecule has 2 aromatic rings. The number of hydrogen-bond donors (Lipinski definition) is 1. The molecule has 27 heavy (non-hydrogen) atoms. The Morgan fingerprint density at radius 3 is 2.85 bits per heavy atom. The zero-order chi connectivity index (χ0) is 19.6. The summed E-state index contributed by atoms with van der Waals surface area (Å²) >= 11 is 1.11. The second-order valence-corrected chi connectivity index (χ2v) is 9.38. The van der Waals surface area contributed by atoms with E-state index in [1.54, 1.807) is 17.0 Å². The van der Waals surface area contributed by atoms with Crippen LogP contribution in [-0.4, -0.2) is 63.9 Å². The largest absolute Gasteiger partial charge is 0.338 e. The predicted octanol–water partition coefficient (Wildman–Crippen LogP) is 0.926. The van der Waals surface area contributed by atoms with Crippen molar-refractivity contribution >= 4 is 27.5 Å². The number of carbonyl (C=O) groups excluding carboxylic acids is 1. The summed E-state index contributed by atoms with van der Waals surface area (Å²) in [5.41, 5.74) is 0.481. The quantitative estimate of drug-likeness (QED) is 0.554. The lowest BCUT2D eigenvalue weighted by atomic mass is 10.2. The monoisotopic (exact) mass is 413 g/mol. The van der Waals surface area contributed by atoms with Crippen LogP contribution in [0.5, 0.6) is 0 Å². The van der Waals surface area contributed by atoms with Gasteiger partial charge >= 0.3 is 0 Å². The van der Waals surface area contributed by atoms with Crippen LogP contribution in [-0.2, 0) is 14.6 Å². The fourth-order valence-electron chi connectivity index (χ4n) is 3.07. The van der Waals surface area contributed by atoms with Gasteiger partial charge in [0.15, 0.2) is 15.7 Å². The van der Waals surface area contributed by atoms with E-state index in [1.165, 1.54) is 16.8 Å². The Hall–Kier alpha value is -2.14. The molecule has 1 atom stereocenters. The number of halogens is 1. The summed E-state index contributed by atoms with van der Waals surface area (Å²) < 4.78 is 37.9. The lowest BCUT2D eigenvalue weighted by molar-refractivity contribution is -0.129. The molecule has 1 aliphatic rings. The highest BCUT2D eigenvalue weighted by atomic mass is 32.2. The SMILES string of the molecule is CCN(C(=O)CSc1nnc(-c2cccc(F)c2)n1N)[C@H]1CCS(=O)(=O)C1. The third-order valence-electron chi connectivity index (χ3n) is 4.38. The zero-order valence-corrected chi connectivity index (χ0v) is 16.3. The van der Waals surface area contributed by atoms with Crippen molar-refractivity contribution in [3.8, 4) is 11.4 Å². The summed E-state index contributed by atoms with van der Waals surface area (Å²) in [5.74, 6) is 5.86. The molecule has 8 nitrogen and oxygen atoms in total. The number of thioether (sulfide) groups is 1. The summed E-state index contributed by atoms with van der Waals surface area (Å²) in [5, 5.41) is 8.24. The van der Waals surface area contributed by atoms with Crippen molar-refractivity contribution in [2.75, 3.05) is 29.6 Å². The molecule has 0 bridgehead atoms. The molecule has 11 heteroatoms. The van der Waals surface area contributed by atoms with Crippen molar-refractivity contribution in [2.45, 2.75) is 24.5 Å². The molecule has 0 aliphatic carbocycles. The highest BCUT2D eigenvalue weighted by molar-refractivity contribution is 7.99. The van der Waals surface area contributed by atoms with Gasteiger partial charge in [0.25, 0.3) is 0 Å². The van der Waals surface area contributed by atoms with Crippen LogP contribution in [0, 0.1) is 5.82 Å². The molecule has 2 heterocycles. The van der Waals surface area contributed by atoms with E-state index in [0.717, 1.165) is 11.8 Å². The molecule has 1 aliphatic heterocycles. The molecule has 0 unspecified atom stereocenters. The minimum atomic E-state index is -3.07. The molecule has 0 saturated carbocycles. The standard InChI is InChI=1S/C16H20FN5O3S2/c1-2-21(13-6-7-27(24,25)10-13)14(23)9-26-16-20-19-15(22(16)18)11-4-3-5-12(17)8-11/h3-5,8,13H,2,6-7,9-10,18H2,1H3/t13-/m0/s1. The van der Waals surface area contributed by atoms with Gasteiger partial charge in [-0.05, 0) is 25.5 Å². The van der Waals surface area contributed by atoms with E-state index in [-0.39, 0.29) is 29.2 Å². The summed E-state index contributed by atoms with van der Waals surface area (Å²) in [7, 11) is -3.07. The molecular weight excluding hydrogens is 393 g/mol. The van der Waals surface area contributed by atoms with Crippen molar-refractivity contribution < 1.29 is 17.6 Å². The van der Waals surface area contributed by atoms with E-state index in [4.69, 9.17) is 5.84 Å². The smallest absolute Gasteiger partial charge is 0.233 e. The van der Waals surface area contributed by atoms with E-state index < -0.39 is 15.7 Å². The van der Waals surface area contributed by atoms with Crippen molar-refractivity contribution in [1.29, 1.82) is 0 Å². The number of carbonyl (C=O) groups is 1. The first kappa shape index (κ1) is 19.6. The van der Waals surface area contributed by atoms with Crippen molar-refractivity contribution in [2.24, 2.45) is 0 Å². The van der Waals surface area contributed by atoms with Gasteiger partial charge in [0.2, 0.25) is 11.1 Å². The zero-order valence-electron chi connectivity index (χ0n) is 14.7. The van der Waals surface area contributed by atoms with Gasteiger partial charge in [-0.2, -0.15) is 0 Å². The predicted molar refractivity (Wildman–Crippen MR) is 101 cm³/mol. The van der Waals surface area contributed by atoms with Gasteiger partial charge in [-0.3, -0.25) is 4.79 Å². The number of nitrogens with two attached hydrogens (primary N) is 1. The number of amides is 1. The Morgan fingerprint density at radius 1 is 1.44 bits per heavy atom. The first-order chi connectivity index (χ1) is 12.8. The molecule has 1 amide bonds. The van der Waals surface area contributed by atoms with Gasteiger partial charge < -0.3 is 10.7 Å². The molecule has 1 aromatic heterocycles. The molecular formula is C16H20FN5O3S2. The van der Waals surface area contributed by atoms with Gasteiger partial charge in [0.1, 0.15) is 5.82 Å². The Balaban J connectivity index is 1.67. The van der Waals surface area contributed by atoms with Crippen molar-refractivity contribution in [1.82, 2.24) is 19.8 Å². The van der Waals surface area contributed by atoms with E-state index in [9.17, 15) is 17.6 Å². The molecule has 1 saturated heterocycles. The topological polar surface area (TPSA) is 111 Å². The lowest BCUT2D eigenvalue weighted by Gasteiger charge is -2.26. The Bertz CT molecular complexity index is 947. The van der Waals surface area contributed by atoms with E-state index in [2.05, 4.69) is 10.2 Å². The average Bonchev–Trinajstić information content (AvgIpc) is 3.16. The third-order valence-corrected chi connectivity index (χ3v) is 7.06. The molecule has 1 aromatic carbocycles. The fraction of sp³-hybridized carbons (Fsp3) is 0.438. The van der Waals surface area contributed by atoms with Gasteiger partial charge in [-0.1, -0.05) is 23.9 Å². The lowest BCUT2D eigenvalue weighted by Crippen LogP contribution is -2.42. The highest BCUT2D eigenvalue weighted by Crippen LogP contribution is 2.24. The second-order valence-electron chi connectivity index (χ2n) is 6.21. The minimum absolute atomic E-state index is 0.00797. The summed E-state index contributed by atoms with van der Waals surface area (Å²) in [4.78, 5) is 14.1. The van der Waals surface area contributed by atoms with Crippen LogP contribution in [0.25, 0.3) is 11.4 Å². The number of rotatable bonds is 6. The highest BCUT2D eigenvalue weighted by Gasteiger charge is 2.33. The number of nitrogens with zero attached hydrogens (tertiary/aromatic N) is 4. The Labute approximate surface area is 160 Å². The molecule has 3 rings (SSSR count). The molecule has 2 N–H and O–H groups in total. The summed E-state index contributed by atoms with van der Waals surface area (Å²) in [6.07, 6.45) is 0.462. The Morgan fingerprint density at radius 2 is 2.22 bits per heavy atom. The number of aromatic nitrogens is 3. The van der Waals surface area contributed by atoms with Crippen molar-refractivity contribution in [3.63, 3.8) is 0 Å². The van der Waals surface area contributed by atoms with Gasteiger partial charge in [0, 0.05) is 18.2 Å². The summed E-state index contributed by atoms with van der Waals surface area (Å²) in [6.45, 7) is 2.25. The maximum Gasteiger partial charge on any atom is 0.233 e. The number of sulfone groups is 1. The van der Waals surface area contributed by atoms with Crippen LogP contribution in [0.1, 0.15) is 13.3 Å². The third kappa shape index (κ3) is 4.41. The average molecular weight is 414 g/mol. The number of hydrogen-bond acceptors (Lipinski definition) is 7. The number of nitrogen functional groups attached to an aromatic ring is 1. The second kappa shape index (κ2) is 7.85. The minimum Gasteiger partial charge on any atom is -0.338 e. The van der Waals surface area contributed by atoms with E-state index in [1.807, 2.05) is 6.92 Å². The molecule has 146 valence electrons. The molecule has 0 spiro atoms. The summed E-state index contributed by atoms with van der Waals surface area (Å²) in [6, 6.07) is 5.54. The van der Waals surface area contributed by atoms with E-state index >= 15 is 0 Å². The maximum absolute atomic E-state index is 13.4. The van der Waals surface area contributed by atoms with Gasteiger partial charge in [-0.25, -0.2) is 17.5 Å². The van der Waals surface area contributed by atoms with Gasteiger partial charge in [-0.15, -0.1) is 10.2 Å².